The minimum absolute atomic E-state index is 0.0771. The normalized spacial score (nSPS) is 46.5. The maximum absolute atomic E-state index is 13.6. The van der Waals surface area contributed by atoms with Crippen LogP contribution in [-0.2, 0) is 28.5 Å². The van der Waals surface area contributed by atoms with Crippen LogP contribution >= 0.6 is 0 Å². The summed E-state index contributed by atoms with van der Waals surface area (Å²) in [5.74, 6) is -3.22. The Kier molecular flexibility index (Phi) is 11.7. The van der Waals surface area contributed by atoms with Crippen molar-refractivity contribution in [3.8, 4) is 0 Å². The van der Waals surface area contributed by atoms with Crippen LogP contribution in [0.3, 0.4) is 0 Å². The van der Waals surface area contributed by atoms with E-state index in [4.69, 9.17) is 18.9 Å². The smallest absolute Gasteiger partial charge is 0.309 e. The molecule has 4 rings (SSSR count). The van der Waals surface area contributed by atoms with E-state index in [1.54, 1.807) is 0 Å². The predicted octanol–water partition coefficient (Wildman–Crippen LogP) is 7.52. The van der Waals surface area contributed by atoms with Crippen molar-refractivity contribution in [3.05, 3.63) is 0 Å². The number of carboxylic acids is 2. The zero-order valence-corrected chi connectivity index (χ0v) is 33.6. The predicted molar refractivity (Wildman–Crippen MR) is 195 cm³/mol. The summed E-state index contributed by atoms with van der Waals surface area (Å²) in [6, 6.07) is 0. The molecule has 0 bridgehead atoms. The third-order valence-corrected chi connectivity index (χ3v) is 14.4. The molecule has 4 saturated heterocycles. The Balaban J connectivity index is 1.59. The second kappa shape index (κ2) is 14.2. The third kappa shape index (κ3) is 7.82. The van der Waals surface area contributed by atoms with Gasteiger partial charge in [-0.15, -0.1) is 0 Å². The molecule has 0 saturated carbocycles. The van der Waals surface area contributed by atoms with Crippen LogP contribution in [-0.4, -0.2) is 82.3 Å². The van der Waals surface area contributed by atoms with Gasteiger partial charge in [0, 0.05) is 64.1 Å². The van der Waals surface area contributed by atoms with Crippen LogP contribution in [0.4, 0.5) is 0 Å². The van der Waals surface area contributed by atoms with E-state index in [-0.39, 0.29) is 53.3 Å². The van der Waals surface area contributed by atoms with Crippen molar-refractivity contribution >= 4 is 11.9 Å². The van der Waals surface area contributed by atoms with E-state index in [0.29, 0.717) is 52.1 Å². The first-order chi connectivity index (χ1) is 23.0. The van der Waals surface area contributed by atoms with E-state index >= 15 is 0 Å². The highest BCUT2D eigenvalue weighted by atomic mass is 16.7. The van der Waals surface area contributed by atoms with Crippen LogP contribution in [0.5, 0.6) is 0 Å². The van der Waals surface area contributed by atoms with Crippen LogP contribution in [0.1, 0.15) is 154 Å². The fourth-order valence-electron chi connectivity index (χ4n) is 10.2. The summed E-state index contributed by atoms with van der Waals surface area (Å²) in [6.45, 7) is 27.8. The summed E-state index contributed by atoms with van der Waals surface area (Å²) >= 11 is 0. The number of carbonyl (C=O) groups is 2. The first-order valence-electron chi connectivity index (χ1n) is 19.6. The molecule has 4 aliphatic rings. The lowest BCUT2D eigenvalue weighted by atomic mass is 9.62. The van der Waals surface area contributed by atoms with Gasteiger partial charge in [0.15, 0.2) is 11.6 Å². The average molecular weight is 709 g/mol. The van der Waals surface area contributed by atoms with Gasteiger partial charge in [-0.1, -0.05) is 55.4 Å². The van der Waals surface area contributed by atoms with Crippen LogP contribution in [0.25, 0.3) is 0 Å². The molecule has 2 spiro atoms. The van der Waals surface area contributed by atoms with Gasteiger partial charge in [0.25, 0.3) is 0 Å². The fourth-order valence-corrected chi connectivity index (χ4v) is 10.2. The summed E-state index contributed by atoms with van der Waals surface area (Å²) in [5.41, 5.74) is -3.08. The van der Waals surface area contributed by atoms with E-state index in [1.807, 2.05) is 0 Å². The quantitative estimate of drug-likeness (QED) is 0.152. The van der Waals surface area contributed by atoms with Gasteiger partial charge in [0.1, 0.15) is 0 Å². The Morgan fingerprint density at radius 1 is 0.660 bits per heavy atom. The van der Waals surface area contributed by atoms with Crippen molar-refractivity contribution in [3.63, 3.8) is 0 Å². The lowest BCUT2D eigenvalue weighted by Gasteiger charge is -2.61. The summed E-state index contributed by atoms with van der Waals surface area (Å²) < 4.78 is 27.4. The maximum atomic E-state index is 13.6. The number of aliphatic carboxylic acids is 2. The van der Waals surface area contributed by atoms with Gasteiger partial charge >= 0.3 is 11.9 Å². The standard InChI is InChI=1S/C40H72N2O8/c1-13-34(9)22-39(28(5)36(11,15-3)41-34)47-24-32(7,25-48-39)20-38(31(45)46,19-17-18-30(43)44)21-33(8)26-49-40(50-27-33)23-35(10,14-2)42-37(12,16-4)29(40)6/h28-29,41-42H,13-27H2,1-12H3,(H,43,44)(H,45,46). The van der Waals surface area contributed by atoms with Crippen molar-refractivity contribution in [2.45, 2.75) is 187 Å². The summed E-state index contributed by atoms with van der Waals surface area (Å²) in [5, 5.41) is 28.5. The first-order valence-corrected chi connectivity index (χ1v) is 19.6. The number of hydrogen-bond acceptors (Lipinski definition) is 8. The SMILES string of the molecule is CCC1(C)CC2(OCC(C)(CC(CCCC(=O)O)(CC3(C)COC4(CC(C)(CC)NC(C)(CC)C4C)OC3)C(=O)O)CO2)C(C)C(C)(CC)N1. The summed E-state index contributed by atoms with van der Waals surface area (Å²) in [4.78, 5) is 25.2. The van der Waals surface area contributed by atoms with E-state index < -0.39 is 39.8 Å². The van der Waals surface area contributed by atoms with Gasteiger partial charge < -0.3 is 39.8 Å². The first kappa shape index (κ1) is 41.5. The van der Waals surface area contributed by atoms with Crippen molar-refractivity contribution in [1.29, 1.82) is 0 Å². The number of hydrogen-bond donors (Lipinski definition) is 4. The second-order valence-corrected chi connectivity index (χ2v) is 19.0. The molecule has 0 radical (unpaired) electrons. The maximum Gasteiger partial charge on any atom is 0.309 e. The summed E-state index contributed by atoms with van der Waals surface area (Å²) in [6.07, 6.45) is 6.16. The third-order valence-electron chi connectivity index (χ3n) is 14.4. The van der Waals surface area contributed by atoms with Gasteiger partial charge in [-0.05, 0) is 79.1 Å². The van der Waals surface area contributed by atoms with Crippen molar-refractivity contribution < 1.29 is 38.7 Å². The topological polar surface area (TPSA) is 136 Å². The lowest BCUT2D eigenvalue weighted by Crippen LogP contribution is -2.73. The Morgan fingerprint density at radius 2 is 1.02 bits per heavy atom. The van der Waals surface area contributed by atoms with Gasteiger partial charge in [-0.3, -0.25) is 9.59 Å². The highest BCUT2D eigenvalue weighted by Gasteiger charge is 2.62. The molecular weight excluding hydrogens is 636 g/mol. The molecule has 50 heavy (non-hydrogen) atoms. The highest BCUT2D eigenvalue weighted by Crippen LogP contribution is 2.55. The molecule has 10 heteroatoms. The molecule has 6 atom stereocenters. The molecule has 0 aromatic rings. The monoisotopic (exact) mass is 709 g/mol. The molecule has 4 aliphatic heterocycles. The lowest BCUT2D eigenvalue weighted by molar-refractivity contribution is -0.357. The van der Waals surface area contributed by atoms with Crippen molar-refractivity contribution in [1.82, 2.24) is 10.6 Å². The van der Waals surface area contributed by atoms with E-state index in [9.17, 15) is 19.8 Å². The molecule has 4 N–H and O–H groups in total. The van der Waals surface area contributed by atoms with E-state index in [2.05, 4.69) is 93.7 Å². The molecule has 10 nitrogen and oxygen atoms in total. The Hall–Kier alpha value is -1.30. The number of rotatable bonds is 13. The zero-order valence-electron chi connectivity index (χ0n) is 33.6. The molecule has 290 valence electrons. The minimum Gasteiger partial charge on any atom is -0.481 e. The van der Waals surface area contributed by atoms with Crippen molar-refractivity contribution in [2.24, 2.45) is 28.1 Å². The minimum atomic E-state index is -1.22. The Bertz CT molecular complexity index is 1150. The van der Waals surface area contributed by atoms with Gasteiger partial charge in [0.05, 0.1) is 31.8 Å². The molecule has 0 amide bonds. The largest absolute Gasteiger partial charge is 0.481 e. The van der Waals surface area contributed by atoms with E-state index in [0.717, 1.165) is 25.7 Å². The zero-order chi connectivity index (χ0) is 37.7. The Morgan fingerprint density at radius 3 is 1.30 bits per heavy atom. The van der Waals surface area contributed by atoms with Crippen LogP contribution in [0, 0.1) is 28.1 Å². The average Bonchev–Trinajstić information content (AvgIpc) is 3.05. The molecule has 4 heterocycles. The number of carboxylic acid groups (broad SMARTS) is 2. The number of ether oxygens (including phenoxy) is 4. The fraction of sp³-hybridized carbons (Fsp3) is 0.950. The molecule has 6 unspecified atom stereocenters. The van der Waals surface area contributed by atoms with Crippen LogP contribution in [0.15, 0.2) is 0 Å². The van der Waals surface area contributed by atoms with Crippen molar-refractivity contribution in [2.75, 3.05) is 26.4 Å². The van der Waals surface area contributed by atoms with Gasteiger partial charge in [-0.25, -0.2) is 0 Å². The molecule has 0 aromatic heterocycles. The molecule has 0 aromatic carbocycles. The van der Waals surface area contributed by atoms with Crippen LogP contribution in [0.2, 0.25) is 0 Å². The molecular formula is C40H72N2O8. The number of nitrogens with one attached hydrogen (secondary N) is 2. The van der Waals surface area contributed by atoms with E-state index in [1.165, 1.54) is 0 Å². The van der Waals surface area contributed by atoms with Gasteiger partial charge in [-0.2, -0.15) is 0 Å². The highest BCUT2D eigenvalue weighted by molar-refractivity contribution is 5.75. The Labute approximate surface area is 302 Å². The number of piperidine rings is 2. The van der Waals surface area contributed by atoms with Crippen LogP contribution < -0.4 is 10.6 Å². The van der Waals surface area contributed by atoms with Gasteiger partial charge in [0.2, 0.25) is 0 Å². The second-order valence-electron chi connectivity index (χ2n) is 19.0. The molecule has 4 fully saturated rings. The summed E-state index contributed by atoms with van der Waals surface area (Å²) in [7, 11) is 0. The molecule has 0 aliphatic carbocycles.